The van der Waals surface area contributed by atoms with Gasteiger partial charge in [0, 0.05) is 12.7 Å². The standard InChI is InChI=1S/C9H8FN3S/c1-12-9(14)13-7-2-3-8(10)6(4-7)5-11/h2-4H,1H3,(H2,12,13,14). The zero-order valence-corrected chi connectivity index (χ0v) is 8.28. The Morgan fingerprint density at radius 1 is 1.57 bits per heavy atom. The predicted octanol–water partition coefficient (Wildman–Crippen LogP) is 1.61. The van der Waals surface area contributed by atoms with Gasteiger partial charge in [-0.3, -0.25) is 0 Å². The molecule has 2 N–H and O–H groups in total. The van der Waals surface area contributed by atoms with Gasteiger partial charge in [0.1, 0.15) is 11.9 Å². The third kappa shape index (κ3) is 2.41. The number of halogens is 1. The van der Waals surface area contributed by atoms with Crippen LogP contribution in [0.2, 0.25) is 0 Å². The maximum Gasteiger partial charge on any atom is 0.170 e. The van der Waals surface area contributed by atoms with Crippen LogP contribution in [0.15, 0.2) is 18.2 Å². The first kappa shape index (κ1) is 10.4. The minimum absolute atomic E-state index is 0.00565. The van der Waals surface area contributed by atoms with Crippen molar-refractivity contribution in [1.29, 1.82) is 5.26 Å². The fourth-order valence-corrected chi connectivity index (χ4v) is 1.00. The van der Waals surface area contributed by atoms with Crippen molar-refractivity contribution in [2.45, 2.75) is 0 Å². The van der Waals surface area contributed by atoms with Crippen LogP contribution >= 0.6 is 12.2 Å². The van der Waals surface area contributed by atoms with Crippen LogP contribution in [0.4, 0.5) is 10.1 Å². The highest BCUT2D eigenvalue weighted by Crippen LogP contribution is 2.13. The highest BCUT2D eigenvalue weighted by Gasteiger charge is 2.02. The summed E-state index contributed by atoms with van der Waals surface area (Å²) in [6.45, 7) is 0. The van der Waals surface area contributed by atoms with Gasteiger partial charge in [-0.05, 0) is 30.4 Å². The van der Waals surface area contributed by atoms with Crippen LogP contribution < -0.4 is 10.6 Å². The first-order valence-corrected chi connectivity index (χ1v) is 4.26. The van der Waals surface area contributed by atoms with Crippen molar-refractivity contribution < 1.29 is 4.39 Å². The third-order valence-electron chi connectivity index (χ3n) is 1.57. The van der Waals surface area contributed by atoms with Crippen LogP contribution in [0.5, 0.6) is 0 Å². The summed E-state index contributed by atoms with van der Waals surface area (Å²) in [7, 11) is 1.67. The van der Waals surface area contributed by atoms with Crippen LogP contribution in [0, 0.1) is 17.1 Å². The van der Waals surface area contributed by atoms with Crippen LogP contribution in [0.1, 0.15) is 5.56 Å². The normalized spacial score (nSPS) is 8.93. The Morgan fingerprint density at radius 2 is 2.29 bits per heavy atom. The van der Waals surface area contributed by atoms with E-state index in [2.05, 4.69) is 10.6 Å². The van der Waals surface area contributed by atoms with Gasteiger partial charge in [0.15, 0.2) is 5.11 Å². The largest absolute Gasteiger partial charge is 0.366 e. The van der Waals surface area contributed by atoms with E-state index in [-0.39, 0.29) is 5.56 Å². The van der Waals surface area contributed by atoms with Crippen molar-refractivity contribution in [3.8, 4) is 6.07 Å². The lowest BCUT2D eigenvalue weighted by molar-refractivity contribution is 0.624. The Kier molecular flexibility index (Phi) is 3.37. The molecule has 72 valence electrons. The average molecular weight is 209 g/mol. The molecule has 0 spiro atoms. The second-order valence-corrected chi connectivity index (χ2v) is 2.92. The van der Waals surface area contributed by atoms with E-state index < -0.39 is 5.82 Å². The lowest BCUT2D eigenvalue weighted by Crippen LogP contribution is -2.24. The number of rotatable bonds is 1. The summed E-state index contributed by atoms with van der Waals surface area (Å²) in [6, 6.07) is 5.89. The quantitative estimate of drug-likeness (QED) is 0.690. The average Bonchev–Trinajstić information content (AvgIpc) is 2.20. The molecule has 5 heteroatoms. The van der Waals surface area contributed by atoms with Gasteiger partial charge in [-0.25, -0.2) is 4.39 Å². The first-order valence-electron chi connectivity index (χ1n) is 3.85. The minimum atomic E-state index is -0.534. The summed E-state index contributed by atoms with van der Waals surface area (Å²) in [6.07, 6.45) is 0. The van der Waals surface area contributed by atoms with Gasteiger partial charge in [-0.1, -0.05) is 0 Å². The molecule has 14 heavy (non-hydrogen) atoms. The SMILES string of the molecule is CNC(=S)Nc1ccc(F)c(C#N)c1. The maximum atomic E-state index is 12.9. The number of nitrogens with one attached hydrogen (secondary N) is 2. The lowest BCUT2D eigenvalue weighted by Gasteiger charge is -2.06. The molecule has 0 fully saturated rings. The summed E-state index contributed by atoms with van der Waals surface area (Å²) in [5, 5.41) is 14.5. The van der Waals surface area contributed by atoms with E-state index in [0.29, 0.717) is 10.8 Å². The smallest absolute Gasteiger partial charge is 0.170 e. The van der Waals surface area contributed by atoms with Crippen molar-refractivity contribution >= 4 is 23.0 Å². The fourth-order valence-electron chi connectivity index (χ4n) is 0.882. The van der Waals surface area contributed by atoms with E-state index in [1.165, 1.54) is 18.2 Å². The Morgan fingerprint density at radius 3 is 2.86 bits per heavy atom. The molecular formula is C9H8FN3S. The van der Waals surface area contributed by atoms with Gasteiger partial charge in [-0.15, -0.1) is 0 Å². The zero-order chi connectivity index (χ0) is 10.6. The number of hydrogen-bond donors (Lipinski definition) is 2. The van der Waals surface area contributed by atoms with Crippen molar-refractivity contribution in [3.63, 3.8) is 0 Å². The molecule has 0 bridgehead atoms. The number of anilines is 1. The minimum Gasteiger partial charge on any atom is -0.366 e. The first-order chi connectivity index (χ1) is 6.67. The molecule has 1 rings (SSSR count). The summed E-state index contributed by atoms with van der Waals surface area (Å²) in [5.41, 5.74) is 0.580. The van der Waals surface area contributed by atoms with E-state index in [1.54, 1.807) is 13.1 Å². The molecule has 0 aromatic heterocycles. The van der Waals surface area contributed by atoms with Crippen molar-refractivity contribution in [1.82, 2.24) is 5.32 Å². The third-order valence-corrected chi connectivity index (χ3v) is 1.88. The van der Waals surface area contributed by atoms with Gasteiger partial charge >= 0.3 is 0 Å². The summed E-state index contributed by atoms with van der Waals surface area (Å²) in [5.74, 6) is -0.534. The van der Waals surface area contributed by atoms with Crippen molar-refractivity contribution in [2.75, 3.05) is 12.4 Å². The molecule has 0 amide bonds. The summed E-state index contributed by atoms with van der Waals surface area (Å²) < 4.78 is 12.9. The molecule has 0 radical (unpaired) electrons. The molecule has 0 unspecified atom stereocenters. The number of hydrogen-bond acceptors (Lipinski definition) is 2. The molecule has 0 saturated heterocycles. The summed E-state index contributed by atoms with van der Waals surface area (Å²) >= 11 is 4.85. The molecule has 0 heterocycles. The number of nitriles is 1. The monoisotopic (exact) mass is 209 g/mol. The molecular weight excluding hydrogens is 201 g/mol. The number of nitrogens with zero attached hydrogens (tertiary/aromatic N) is 1. The van der Waals surface area contributed by atoms with Crippen LogP contribution in [0.25, 0.3) is 0 Å². The maximum absolute atomic E-state index is 12.9. The van der Waals surface area contributed by atoms with E-state index in [4.69, 9.17) is 17.5 Å². The van der Waals surface area contributed by atoms with Gasteiger partial charge in [0.05, 0.1) is 5.56 Å². The molecule has 0 aliphatic heterocycles. The van der Waals surface area contributed by atoms with Gasteiger partial charge in [-0.2, -0.15) is 5.26 Å². The van der Waals surface area contributed by atoms with Crippen molar-refractivity contribution in [3.05, 3.63) is 29.6 Å². The second-order valence-electron chi connectivity index (χ2n) is 2.51. The lowest BCUT2D eigenvalue weighted by atomic mass is 10.2. The highest BCUT2D eigenvalue weighted by atomic mass is 32.1. The topological polar surface area (TPSA) is 47.8 Å². The second kappa shape index (κ2) is 4.53. The van der Waals surface area contributed by atoms with Crippen LogP contribution in [-0.2, 0) is 0 Å². The number of benzene rings is 1. The Hall–Kier alpha value is -1.67. The van der Waals surface area contributed by atoms with E-state index >= 15 is 0 Å². The van der Waals surface area contributed by atoms with Crippen LogP contribution in [0.3, 0.4) is 0 Å². The molecule has 1 aromatic carbocycles. The van der Waals surface area contributed by atoms with E-state index in [1.807, 2.05) is 0 Å². The van der Waals surface area contributed by atoms with Gasteiger partial charge in [0.25, 0.3) is 0 Å². The molecule has 0 atom stereocenters. The Balaban J connectivity index is 2.91. The summed E-state index contributed by atoms with van der Waals surface area (Å²) in [4.78, 5) is 0. The van der Waals surface area contributed by atoms with Crippen molar-refractivity contribution in [2.24, 2.45) is 0 Å². The van der Waals surface area contributed by atoms with E-state index in [0.717, 1.165) is 0 Å². The molecule has 3 nitrogen and oxygen atoms in total. The fraction of sp³-hybridized carbons (Fsp3) is 0.111. The molecule has 0 saturated carbocycles. The zero-order valence-electron chi connectivity index (χ0n) is 7.47. The van der Waals surface area contributed by atoms with Gasteiger partial charge in [0.2, 0.25) is 0 Å². The predicted molar refractivity (Wildman–Crippen MR) is 56.4 cm³/mol. The van der Waals surface area contributed by atoms with E-state index in [9.17, 15) is 4.39 Å². The molecule has 0 aliphatic rings. The number of thiocarbonyl (C=S) groups is 1. The Bertz CT molecular complexity index is 398. The van der Waals surface area contributed by atoms with Gasteiger partial charge < -0.3 is 10.6 Å². The Labute approximate surface area is 86.5 Å². The molecule has 0 aliphatic carbocycles. The highest BCUT2D eigenvalue weighted by molar-refractivity contribution is 7.80. The van der Waals surface area contributed by atoms with Crippen LogP contribution in [-0.4, -0.2) is 12.2 Å². The molecule has 1 aromatic rings.